The first-order chi connectivity index (χ1) is 8.69. The van der Waals surface area contributed by atoms with Crippen LogP contribution in [0.2, 0.25) is 0 Å². The smallest absolute Gasteiger partial charge is 0.145 e. The van der Waals surface area contributed by atoms with Crippen LogP contribution in [0.25, 0.3) is 0 Å². The molecule has 3 nitrogen and oxygen atoms in total. The van der Waals surface area contributed by atoms with Crippen molar-refractivity contribution in [3.05, 3.63) is 23.8 Å². The van der Waals surface area contributed by atoms with Crippen molar-refractivity contribution >= 4 is 5.69 Å². The third kappa shape index (κ3) is 1.87. The average Bonchev–Trinajstić information content (AvgIpc) is 2.85. The van der Waals surface area contributed by atoms with E-state index in [2.05, 4.69) is 42.0 Å². The van der Waals surface area contributed by atoms with Crippen LogP contribution in [-0.2, 0) is 0 Å². The van der Waals surface area contributed by atoms with Crippen molar-refractivity contribution in [2.75, 3.05) is 45.2 Å². The summed E-state index contributed by atoms with van der Waals surface area (Å²) in [6.45, 7) is 6.96. The van der Waals surface area contributed by atoms with Gasteiger partial charge in [0, 0.05) is 26.2 Å². The lowest BCUT2D eigenvalue weighted by Crippen LogP contribution is -2.27. The number of nitrogens with zero attached hydrogens (tertiary/aromatic N) is 2. The number of aryl methyl sites for hydroxylation is 1. The molecule has 0 saturated carbocycles. The van der Waals surface area contributed by atoms with Gasteiger partial charge in [-0.2, -0.15) is 0 Å². The molecule has 0 aromatic heterocycles. The quantitative estimate of drug-likeness (QED) is 0.794. The molecule has 2 saturated heterocycles. The average molecular weight is 246 g/mol. The molecule has 0 aliphatic carbocycles. The summed E-state index contributed by atoms with van der Waals surface area (Å²) in [4.78, 5) is 4.97. The Morgan fingerprint density at radius 2 is 1.78 bits per heavy atom. The van der Waals surface area contributed by atoms with E-state index in [-0.39, 0.29) is 0 Å². The lowest BCUT2D eigenvalue weighted by molar-refractivity contribution is 0.385. The Kier molecular flexibility index (Phi) is 2.94. The van der Waals surface area contributed by atoms with E-state index in [1.54, 1.807) is 7.11 Å². The fourth-order valence-electron chi connectivity index (χ4n) is 3.58. The Morgan fingerprint density at radius 1 is 1.11 bits per heavy atom. The number of methoxy groups -OCH3 is 1. The summed E-state index contributed by atoms with van der Waals surface area (Å²) in [5.41, 5.74) is 2.50. The van der Waals surface area contributed by atoms with Crippen LogP contribution in [0.15, 0.2) is 18.2 Å². The van der Waals surface area contributed by atoms with Gasteiger partial charge in [-0.1, -0.05) is 12.1 Å². The van der Waals surface area contributed by atoms with E-state index >= 15 is 0 Å². The highest BCUT2D eigenvalue weighted by molar-refractivity contribution is 5.62. The fraction of sp³-hybridized carbons (Fsp3) is 0.600. The van der Waals surface area contributed by atoms with Crippen LogP contribution in [0.1, 0.15) is 5.56 Å². The van der Waals surface area contributed by atoms with Crippen LogP contribution in [0.5, 0.6) is 5.75 Å². The van der Waals surface area contributed by atoms with Crippen molar-refractivity contribution < 1.29 is 4.74 Å². The monoisotopic (exact) mass is 246 g/mol. The lowest BCUT2D eigenvalue weighted by Gasteiger charge is -2.24. The zero-order valence-corrected chi connectivity index (χ0v) is 11.5. The van der Waals surface area contributed by atoms with E-state index in [9.17, 15) is 0 Å². The van der Waals surface area contributed by atoms with E-state index in [0.29, 0.717) is 0 Å². The van der Waals surface area contributed by atoms with Crippen LogP contribution in [0.4, 0.5) is 5.69 Å². The normalized spacial score (nSPS) is 27.6. The molecule has 0 amide bonds. The molecule has 2 heterocycles. The Labute approximate surface area is 109 Å². The highest BCUT2D eigenvalue weighted by Gasteiger charge is 2.39. The minimum absolute atomic E-state index is 0.834. The maximum absolute atomic E-state index is 5.58. The molecular weight excluding hydrogens is 224 g/mol. The zero-order chi connectivity index (χ0) is 12.7. The van der Waals surface area contributed by atoms with Crippen LogP contribution >= 0.6 is 0 Å². The van der Waals surface area contributed by atoms with Crippen LogP contribution in [0, 0.1) is 18.8 Å². The van der Waals surface area contributed by atoms with E-state index in [1.807, 2.05) is 0 Å². The second-order valence-electron chi connectivity index (χ2n) is 5.77. The molecule has 3 heteroatoms. The van der Waals surface area contributed by atoms with Crippen LogP contribution < -0.4 is 9.64 Å². The summed E-state index contributed by atoms with van der Waals surface area (Å²) in [7, 11) is 4.01. The van der Waals surface area contributed by atoms with Crippen molar-refractivity contribution in [3.63, 3.8) is 0 Å². The summed E-state index contributed by atoms with van der Waals surface area (Å²) < 4.78 is 5.58. The van der Waals surface area contributed by atoms with Crippen molar-refractivity contribution in [3.8, 4) is 5.75 Å². The number of para-hydroxylation sites is 1. The molecule has 98 valence electrons. The first-order valence-electron chi connectivity index (χ1n) is 6.76. The third-order valence-corrected chi connectivity index (χ3v) is 4.40. The van der Waals surface area contributed by atoms with Gasteiger partial charge in [0.2, 0.25) is 0 Å². The second-order valence-corrected chi connectivity index (χ2v) is 5.77. The number of benzene rings is 1. The Balaban J connectivity index is 1.83. The van der Waals surface area contributed by atoms with Gasteiger partial charge in [-0.3, -0.25) is 0 Å². The Bertz CT molecular complexity index is 432. The molecule has 18 heavy (non-hydrogen) atoms. The third-order valence-electron chi connectivity index (χ3n) is 4.40. The number of ether oxygens (including phenoxy) is 1. The van der Waals surface area contributed by atoms with Crippen LogP contribution in [-0.4, -0.2) is 45.2 Å². The summed E-state index contributed by atoms with van der Waals surface area (Å²) in [5.74, 6) is 2.71. The molecule has 0 spiro atoms. The van der Waals surface area contributed by atoms with Gasteiger partial charge in [-0.25, -0.2) is 0 Å². The van der Waals surface area contributed by atoms with E-state index in [0.717, 1.165) is 17.6 Å². The number of rotatable bonds is 2. The second kappa shape index (κ2) is 4.47. The van der Waals surface area contributed by atoms with Gasteiger partial charge in [0.25, 0.3) is 0 Å². The summed E-state index contributed by atoms with van der Waals surface area (Å²) in [5, 5.41) is 0. The molecule has 2 aliphatic heterocycles. The van der Waals surface area contributed by atoms with Gasteiger partial charge >= 0.3 is 0 Å². The van der Waals surface area contributed by atoms with Gasteiger partial charge in [-0.15, -0.1) is 0 Å². The van der Waals surface area contributed by atoms with Gasteiger partial charge in [-0.05, 0) is 37.4 Å². The van der Waals surface area contributed by atoms with Gasteiger partial charge < -0.3 is 14.5 Å². The number of fused-ring (bicyclic) bond motifs is 1. The molecule has 3 rings (SSSR count). The standard InChI is InChI=1S/C15H22N2O/c1-11-5-4-6-14(15(11)18-3)17-9-12-7-16(2)8-13(12)10-17/h4-6,12-13H,7-10H2,1-3H3. The van der Waals surface area contributed by atoms with Crippen LogP contribution in [0.3, 0.4) is 0 Å². The number of anilines is 1. The van der Waals surface area contributed by atoms with Gasteiger partial charge in [0.15, 0.2) is 0 Å². The maximum atomic E-state index is 5.58. The zero-order valence-electron chi connectivity index (χ0n) is 11.5. The predicted molar refractivity (Wildman–Crippen MR) is 74.4 cm³/mol. The number of hydrogen-bond acceptors (Lipinski definition) is 3. The highest BCUT2D eigenvalue weighted by Crippen LogP contribution is 2.38. The highest BCUT2D eigenvalue weighted by atomic mass is 16.5. The molecule has 1 aromatic rings. The first kappa shape index (κ1) is 11.8. The SMILES string of the molecule is COc1c(C)cccc1N1CC2CN(C)CC2C1. The van der Waals surface area contributed by atoms with E-state index < -0.39 is 0 Å². The molecule has 1 aromatic carbocycles. The van der Waals surface area contributed by atoms with E-state index in [4.69, 9.17) is 4.74 Å². The number of hydrogen-bond donors (Lipinski definition) is 0. The number of likely N-dealkylation sites (tertiary alicyclic amines) is 1. The van der Waals surface area contributed by atoms with Gasteiger partial charge in [0.05, 0.1) is 12.8 Å². The Morgan fingerprint density at radius 3 is 2.39 bits per heavy atom. The van der Waals surface area contributed by atoms with Gasteiger partial charge in [0.1, 0.15) is 5.75 Å². The molecule has 0 radical (unpaired) electrons. The first-order valence-corrected chi connectivity index (χ1v) is 6.76. The summed E-state index contributed by atoms with van der Waals surface area (Å²) in [6.07, 6.45) is 0. The molecule has 2 unspecified atom stereocenters. The molecule has 2 atom stereocenters. The largest absolute Gasteiger partial charge is 0.494 e. The molecule has 0 bridgehead atoms. The van der Waals surface area contributed by atoms with Crippen molar-refractivity contribution in [2.24, 2.45) is 11.8 Å². The molecular formula is C15H22N2O. The topological polar surface area (TPSA) is 15.7 Å². The minimum Gasteiger partial charge on any atom is -0.494 e. The summed E-state index contributed by atoms with van der Waals surface area (Å²) >= 11 is 0. The van der Waals surface area contributed by atoms with Crippen molar-refractivity contribution in [1.29, 1.82) is 0 Å². The van der Waals surface area contributed by atoms with Crippen molar-refractivity contribution in [2.45, 2.75) is 6.92 Å². The van der Waals surface area contributed by atoms with E-state index in [1.165, 1.54) is 37.4 Å². The molecule has 0 N–H and O–H groups in total. The molecule has 2 fully saturated rings. The Hall–Kier alpha value is -1.22. The maximum Gasteiger partial charge on any atom is 0.145 e. The lowest BCUT2D eigenvalue weighted by atomic mass is 10.0. The predicted octanol–water partition coefficient (Wildman–Crippen LogP) is 2.00. The minimum atomic E-state index is 0.834. The molecule has 2 aliphatic rings. The fourth-order valence-corrected chi connectivity index (χ4v) is 3.58. The van der Waals surface area contributed by atoms with Crippen molar-refractivity contribution in [1.82, 2.24) is 4.90 Å². The summed E-state index contributed by atoms with van der Waals surface area (Å²) in [6, 6.07) is 6.44.